The van der Waals surface area contributed by atoms with Gasteiger partial charge in [-0.05, 0) is 48.3 Å². The van der Waals surface area contributed by atoms with Gasteiger partial charge in [-0.15, -0.1) is 5.10 Å². The number of amides is 1. The number of nitrogens with zero attached hydrogens (tertiary/aromatic N) is 2. The van der Waals surface area contributed by atoms with Crippen LogP contribution in [0, 0.1) is 6.92 Å². The summed E-state index contributed by atoms with van der Waals surface area (Å²) in [6.45, 7) is 1.97. The molecule has 0 fully saturated rings. The van der Waals surface area contributed by atoms with E-state index >= 15 is 0 Å². The third-order valence-electron chi connectivity index (χ3n) is 3.07. The molecule has 2 aromatic carbocycles. The fourth-order valence-corrected chi connectivity index (χ4v) is 2.52. The molecule has 1 amide bonds. The average molecular weight is 295 g/mol. The van der Waals surface area contributed by atoms with Gasteiger partial charge < -0.3 is 5.32 Å². The minimum Gasteiger partial charge on any atom is -0.322 e. The highest BCUT2D eigenvalue weighted by Crippen LogP contribution is 2.23. The van der Waals surface area contributed by atoms with E-state index in [0.717, 1.165) is 21.7 Å². The van der Waals surface area contributed by atoms with E-state index in [1.807, 2.05) is 49.4 Å². The first-order valence-corrected chi connectivity index (χ1v) is 7.25. The lowest BCUT2D eigenvalue weighted by atomic mass is 10.1. The van der Waals surface area contributed by atoms with Crippen molar-refractivity contribution in [2.24, 2.45) is 0 Å². The quantitative estimate of drug-likeness (QED) is 0.800. The molecular weight excluding hydrogens is 282 g/mol. The maximum absolute atomic E-state index is 12.2. The van der Waals surface area contributed by atoms with Gasteiger partial charge in [0.1, 0.15) is 0 Å². The number of aryl methyl sites for hydroxylation is 1. The van der Waals surface area contributed by atoms with Gasteiger partial charge in [0.25, 0.3) is 5.91 Å². The molecule has 0 radical (unpaired) electrons. The van der Waals surface area contributed by atoms with Gasteiger partial charge in [-0.1, -0.05) is 34.3 Å². The van der Waals surface area contributed by atoms with Gasteiger partial charge in [-0.2, -0.15) is 0 Å². The van der Waals surface area contributed by atoms with Crippen LogP contribution in [0.4, 0.5) is 5.69 Å². The van der Waals surface area contributed by atoms with E-state index in [4.69, 9.17) is 0 Å². The Bertz CT molecular complexity index is 751. The smallest absolute Gasteiger partial charge is 0.255 e. The Labute approximate surface area is 126 Å². The molecule has 0 bridgehead atoms. The highest BCUT2D eigenvalue weighted by molar-refractivity contribution is 7.09. The van der Waals surface area contributed by atoms with Crippen molar-refractivity contribution in [3.63, 3.8) is 0 Å². The molecule has 4 nitrogen and oxygen atoms in total. The largest absolute Gasteiger partial charge is 0.322 e. The van der Waals surface area contributed by atoms with Gasteiger partial charge in [-0.3, -0.25) is 4.79 Å². The van der Waals surface area contributed by atoms with Crippen LogP contribution in [0.1, 0.15) is 15.9 Å². The minimum absolute atomic E-state index is 0.106. The summed E-state index contributed by atoms with van der Waals surface area (Å²) >= 11 is 1.35. The Hall–Kier alpha value is -2.53. The number of nitrogens with one attached hydrogen (secondary N) is 1. The van der Waals surface area contributed by atoms with Crippen LogP contribution in [-0.4, -0.2) is 15.5 Å². The number of hydrogen-bond donors (Lipinski definition) is 1. The third kappa shape index (κ3) is 3.14. The Kier molecular flexibility index (Phi) is 3.75. The molecule has 0 saturated heterocycles. The Balaban J connectivity index is 1.75. The lowest BCUT2D eigenvalue weighted by Crippen LogP contribution is -2.11. The van der Waals surface area contributed by atoms with Crippen LogP contribution in [0.25, 0.3) is 10.4 Å². The molecule has 0 spiro atoms. The van der Waals surface area contributed by atoms with Crippen molar-refractivity contribution in [3.05, 3.63) is 65.9 Å². The predicted octanol–water partition coefficient (Wildman–Crippen LogP) is 3.77. The van der Waals surface area contributed by atoms with E-state index in [1.54, 1.807) is 12.3 Å². The van der Waals surface area contributed by atoms with Gasteiger partial charge in [0.05, 0.1) is 11.1 Å². The monoisotopic (exact) mass is 295 g/mol. The van der Waals surface area contributed by atoms with Crippen LogP contribution in [-0.2, 0) is 0 Å². The molecule has 0 saturated carbocycles. The Morgan fingerprint density at radius 1 is 1.14 bits per heavy atom. The first-order valence-electron chi connectivity index (χ1n) is 6.48. The maximum Gasteiger partial charge on any atom is 0.255 e. The van der Waals surface area contributed by atoms with Gasteiger partial charge in [0, 0.05) is 11.3 Å². The van der Waals surface area contributed by atoms with Gasteiger partial charge in [-0.25, -0.2) is 0 Å². The normalized spacial score (nSPS) is 10.3. The van der Waals surface area contributed by atoms with Crippen molar-refractivity contribution in [1.82, 2.24) is 9.59 Å². The standard InChI is InChI=1S/C16H13N3OS/c1-11-3-2-4-13(9-11)16(20)18-14-7-5-12(6-8-14)15-10-17-19-21-15/h2-10H,1H3,(H,18,20). The van der Waals surface area contributed by atoms with Gasteiger partial charge >= 0.3 is 0 Å². The van der Waals surface area contributed by atoms with E-state index in [-0.39, 0.29) is 5.91 Å². The first kappa shape index (κ1) is 13.5. The number of anilines is 1. The molecule has 0 atom stereocenters. The fraction of sp³-hybridized carbons (Fsp3) is 0.0625. The zero-order valence-electron chi connectivity index (χ0n) is 11.4. The van der Waals surface area contributed by atoms with E-state index < -0.39 is 0 Å². The predicted molar refractivity (Wildman–Crippen MR) is 84.5 cm³/mol. The third-order valence-corrected chi connectivity index (χ3v) is 3.78. The van der Waals surface area contributed by atoms with Crippen LogP contribution in [0.2, 0.25) is 0 Å². The number of rotatable bonds is 3. The lowest BCUT2D eigenvalue weighted by Gasteiger charge is -2.06. The molecule has 3 rings (SSSR count). The number of carbonyl (C=O) groups excluding carboxylic acids is 1. The zero-order chi connectivity index (χ0) is 14.7. The fourth-order valence-electron chi connectivity index (χ4n) is 2.00. The Morgan fingerprint density at radius 3 is 2.62 bits per heavy atom. The average Bonchev–Trinajstić information content (AvgIpc) is 3.02. The number of hydrogen-bond acceptors (Lipinski definition) is 4. The lowest BCUT2D eigenvalue weighted by molar-refractivity contribution is 0.102. The molecular formula is C16H13N3OS. The topological polar surface area (TPSA) is 54.9 Å². The Morgan fingerprint density at radius 2 is 1.95 bits per heavy atom. The summed E-state index contributed by atoms with van der Waals surface area (Å²) in [5.74, 6) is -0.106. The molecule has 0 aliphatic rings. The van der Waals surface area contributed by atoms with E-state index in [2.05, 4.69) is 14.9 Å². The van der Waals surface area contributed by atoms with E-state index in [1.165, 1.54) is 11.5 Å². The maximum atomic E-state index is 12.2. The number of benzene rings is 2. The van der Waals surface area contributed by atoms with Crippen LogP contribution in [0.3, 0.4) is 0 Å². The number of aromatic nitrogens is 2. The summed E-state index contributed by atoms with van der Waals surface area (Å²) in [6.07, 6.45) is 1.73. The highest BCUT2D eigenvalue weighted by Gasteiger charge is 2.06. The summed E-state index contributed by atoms with van der Waals surface area (Å²) in [5.41, 5.74) is 3.53. The molecule has 0 aliphatic carbocycles. The van der Waals surface area contributed by atoms with E-state index in [9.17, 15) is 4.79 Å². The number of carbonyl (C=O) groups is 1. The van der Waals surface area contributed by atoms with Crippen molar-refractivity contribution < 1.29 is 4.79 Å². The SMILES string of the molecule is Cc1cccc(C(=O)Nc2ccc(-c3cnns3)cc2)c1. The second-order valence-electron chi connectivity index (χ2n) is 4.68. The molecule has 104 valence electrons. The van der Waals surface area contributed by atoms with Gasteiger partial charge in [0.15, 0.2) is 0 Å². The van der Waals surface area contributed by atoms with E-state index in [0.29, 0.717) is 5.56 Å². The molecule has 0 aliphatic heterocycles. The molecule has 1 N–H and O–H groups in total. The summed E-state index contributed by atoms with van der Waals surface area (Å²) in [6, 6.07) is 15.2. The molecule has 1 heterocycles. The zero-order valence-corrected chi connectivity index (χ0v) is 12.2. The van der Waals surface area contributed by atoms with Gasteiger partial charge in [0.2, 0.25) is 0 Å². The first-order chi connectivity index (χ1) is 10.2. The highest BCUT2D eigenvalue weighted by atomic mass is 32.1. The summed E-state index contributed by atoms with van der Waals surface area (Å²) < 4.78 is 3.84. The molecule has 21 heavy (non-hydrogen) atoms. The van der Waals surface area contributed by atoms with Crippen molar-refractivity contribution in [2.45, 2.75) is 6.92 Å². The van der Waals surface area contributed by atoms with Crippen molar-refractivity contribution in [1.29, 1.82) is 0 Å². The van der Waals surface area contributed by atoms with Crippen LogP contribution < -0.4 is 5.32 Å². The molecule has 1 aromatic heterocycles. The second kappa shape index (κ2) is 5.85. The van der Waals surface area contributed by atoms with Crippen molar-refractivity contribution in [2.75, 3.05) is 5.32 Å². The summed E-state index contributed by atoms with van der Waals surface area (Å²) in [4.78, 5) is 13.2. The molecule has 3 aromatic rings. The van der Waals surface area contributed by atoms with Crippen LogP contribution >= 0.6 is 11.5 Å². The van der Waals surface area contributed by atoms with Crippen molar-refractivity contribution >= 4 is 23.1 Å². The van der Waals surface area contributed by atoms with Crippen molar-refractivity contribution in [3.8, 4) is 10.4 Å². The molecule has 0 unspecified atom stereocenters. The summed E-state index contributed by atoms with van der Waals surface area (Å²) in [7, 11) is 0. The summed E-state index contributed by atoms with van der Waals surface area (Å²) in [5, 5.41) is 6.71. The minimum atomic E-state index is -0.106. The van der Waals surface area contributed by atoms with Crippen LogP contribution in [0.15, 0.2) is 54.7 Å². The van der Waals surface area contributed by atoms with Crippen LogP contribution in [0.5, 0.6) is 0 Å². The molecule has 5 heteroatoms. The second-order valence-corrected chi connectivity index (χ2v) is 5.47.